The van der Waals surface area contributed by atoms with E-state index in [1.165, 1.54) is 4.88 Å². The summed E-state index contributed by atoms with van der Waals surface area (Å²) in [4.78, 5) is 12.4. The summed E-state index contributed by atoms with van der Waals surface area (Å²) in [5.74, 6) is 0.824. The van der Waals surface area contributed by atoms with Gasteiger partial charge in [-0.2, -0.15) is 0 Å². The molecule has 0 amide bonds. The normalized spacial score (nSPS) is 11.5. The standard InChI is InChI=1S/C14H21N5S2/c1-4-15-13(17-9-12-6-5-7-20-12)16-8-11-10-21-14(18-11)19(2)3/h5-7,10H,4,8-9H2,1-3H3,(H2,15,16,17). The summed E-state index contributed by atoms with van der Waals surface area (Å²) in [6, 6.07) is 4.18. The lowest BCUT2D eigenvalue weighted by Crippen LogP contribution is -2.36. The van der Waals surface area contributed by atoms with Gasteiger partial charge in [0.2, 0.25) is 0 Å². The maximum Gasteiger partial charge on any atom is 0.191 e. The van der Waals surface area contributed by atoms with E-state index in [1.54, 1.807) is 22.7 Å². The summed E-state index contributed by atoms with van der Waals surface area (Å²) in [5, 5.41) is 11.7. The van der Waals surface area contributed by atoms with E-state index in [0.29, 0.717) is 6.54 Å². The van der Waals surface area contributed by atoms with Crippen LogP contribution in [0.4, 0.5) is 5.13 Å². The fourth-order valence-electron chi connectivity index (χ4n) is 1.66. The number of hydrogen-bond acceptors (Lipinski definition) is 5. The fraction of sp³-hybridized carbons (Fsp3) is 0.429. The van der Waals surface area contributed by atoms with Crippen LogP contribution in [0.3, 0.4) is 0 Å². The van der Waals surface area contributed by atoms with Gasteiger partial charge in [-0.1, -0.05) is 6.07 Å². The fourth-order valence-corrected chi connectivity index (χ4v) is 3.05. The molecule has 0 aliphatic heterocycles. The Morgan fingerprint density at radius 1 is 1.33 bits per heavy atom. The molecule has 0 saturated carbocycles. The quantitative estimate of drug-likeness (QED) is 0.633. The molecule has 114 valence electrons. The summed E-state index contributed by atoms with van der Waals surface area (Å²) < 4.78 is 0. The van der Waals surface area contributed by atoms with Crippen LogP contribution in [-0.4, -0.2) is 31.6 Å². The average Bonchev–Trinajstić information content (AvgIpc) is 3.13. The largest absolute Gasteiger partial charge is 0.357 e. The maximum atomic E-state index is 4.58. The molecule has 0 radical (unpaired) electrons. The van der Waals surface area contributed by atoms with Crippen molar-refractivity contribution < 1.29 is 0 Å². The number of thiazole rings is 1. The van der Waals surface area contributed by atoms with Gasteiger partial charge in [-0.25, -0.2) is 9.98 Å². The van der Waals surface area contributed by atoms with E-state index in [-0.39, 0.29) is 0 Å². The van der Waals surface area contributed by atoms with E-state index in [1.807, 2.05) is 19.0 Å². The second kappa shape index (κ2) is 7.99. The van der Waals surface area contributed by atoms with Crippen molar-refractivity contribution in [1.82, 2.24) is 15.6 Å². The highest BCUT2D eigenvalue weighted by Gasteiger charge is 2.04. The summed E-state index contributed by atoms with van der Waals surface area (Å²) in [6.45, 7) is 4.29. The first-order chi connectivity index (χ1) is 10.2. The second-order valence-electron chi connectivity index (χ2n) is 4.64. The molecule has 0 saturated heterocycles. The zero-order valence-electron chi connectivity index (χ0n) is 12.6. The van der Waals surface area contributed by atoms with Crippen LogP contribution in [0.15, 0.2) is 27.9 Å². The average molecular weight is 323 g/mol. The van der Waals surface area contributed by atoms with E-state index < -0.39 is 0 Å². The molecule has 21 heavy (non-hydrogen) atoms. The first-order valence-electron chi connectivity index (χ1n) is 6.85. The minimum absolute atomic E-state index is 0.587. The Balaban J connectivity index is 1.92. The van der Waals surface area contributed by atoms with Crippen LogP contribution in [0, 0.1) is 0 Å². The number of rotatable bonds is 6. The van der Waals surface area contributed by atoms with Crippen molar-refractivity contribution in [1.29, 1.82) is 0 Å². The Labute approximate surface area is 133 Å². The van der Waals surface area contributed by atoms with E-state index in [9.17, 15) is 0 Å². The Morgan fingerprint density at radius 2 is 2.19 bits per heavy atom. The lowest BCUT2D eigenvalue weighted by molar-refractivity contribution is 0.820. The topological polar surface area (TPSA) is 52.6 Å². The highest BCUT2D eigenvalue weighted by atomic mass is 32.1. The molecule has 2 rings (SSSR count). The lowest BCUT2D eigenvalue weighted by Gasteiger charge is -2.10. The molecule has 2 N–H and O–H groups in total. The van der Waals surface area contributed by atoms with E-state index in [2.05, 4.69) is 50.4 Å². The smallest absolute Gasteiger partial charge is 0.191 e. The Hall–Kier alpha value is -1.60. The minimum atomic E-state index is 0.587. The van der Waals surface area contributed by atoms with Crippen molar-refractivity contribution in [3.05, 3.63) is 33.5 Å². The molecule has 0 aliphatic carbocycles. The van der Waals surface area contributed by atoms with Crippen LogP contribution in [0.1, 0.15) is 17.5 Å². The molecule has 2 aromatic rings. The Bertz CT molecular complexity index is 560. The molecule has 0 atom stereocenters. The van der Waals surface area contributed by atoms with Crippen LogP contribution in [-0.2, 0) is 13.1 Å². The minimum Gasteiger partial charge on any atom is -0.357 e. The third-order valence-corrected chi connectivity index (χ3v) is 4.61. The summed E-state index contributed by atoms with van der Waals surface area (Å²) in [7, 11) is 4.00. The number of thiophene rings is 1. The molecular weight excluding hydrogens is 302 g/mol. The van der Waals surface area contributed by atoms with Crippen molar-refractivity contribution in [2.75, 3.05) is 25.5 Å². The lowest BCUT2D eigenvalue weighted by atomic mass is 10.4. The van der Waals surface area contributed by atoms with Crippen LogP contribution < -0.4 is 15.5 Å². The summed E-state index contributed by atoms with van der Waals surface area (Å²) in [6.07, 6.45) is 0. The predicted octanol–water partition coefficient (Wildman–Crippen LogP) is 2.53. The van der Waals surface area contributed by atoms with Gasteiger partial charge in [0, 0.05) is 30.9 Å². The summed E-state index contributed by atoms with van der Waals surface area (Å²) in [5.41, 5.74) is 0.997. The second-order valence-corrected chi connectivity index (χ2v) is 6.51. The Morgan fingerprint density at radius 3 is 2.81 bits per heavy atom. The first kappa shape index (κ1) is 15.8. The van der Waals surface area contributed by atoms with Crippen LogP contribution in [0.2, 0.25) is 0 Å². The molecule has 7 heteroatoms. The number of aromatic nitrogens is 1. The van der Waals surface area contributed by atoms with Gasteiger partial charge in [-0.05, 0) is 18.4 Å². The molecular formula is C14H21N5S2. The molecule has 0 spiro atoms. The zero-order valence-corrected chi connectivity index (χ0v) is 14.2. The van der Waals surface area contributed by atoms with Gasteiger partial charge < -0.3 is 15.5 Å². The van der Waals surface area contributed by atoms with Crippen LogP contribution >= 0.6 is 22.7 Å². The number of hydrogen-bond donors (Lipinski definition) is 2. The molecule has 2 aromatic heterocycles. The molecule has 5 nitrogen and oxygen atoms in total. The van der Waals surface area contributed by atoms with Gasteiger partial charge in [0.05, 0.1) is 18.8 Å². The van der Waals surface area contributed by atoms with Gasteiger partial charge in [0.25, 0.3) is 0 Å². The van der Waals surface area contributed by atoms with E-state index in [0.717, 1.165) is 29.9 Å². The van der Waals surface area contributed by atoms with Gasteiger partial charge in [0.1, 0.15) is 0 Å². The summed E-state index contributed by atoms with van der Waals surface area (Å²) >= 11 is 3.38. The van der Waals surface area contributed by atoms with E-state index in [4.69, 9.17) is 0 Å². The number of nitrogens with one attached hydrogen (secondary N) is 2. The van der Waals surface area contributed by atoms with Crippen molar-refractivity contribution in [3.63, 3.8) is 0 Å². The van der Waals surface area contributed by atoms with Crippen molar-refractivity contribution >= 4 is 33.8 Å². The van der Waals surface area contributed by atoms with Crippen molar-refractivity contribution in [2.24, 2.45) is 4.99 Å². The van der Waals surface area contributed by atoms with Gasteiger partial charge >= 0.3 is 0 Å². The third kappa shape index (κ3) is 5.02. The highest BCUT2D eigenvalue weighted by molar-refractivity contribution is 7.13. The third-order valence-electron chi connectivity index (χ3n) is 2.68. The Kier molecular flexibility index (Phi) is 6.01. The van der Waals surface area contributed by atoms with Crippen molar-refractivity contribution in [2.45, 2.75) is 20.0 Å². The van der Waals surface area contributed by atoms with Crippen LogP contribution in [0.25, 0.3) is 0 Å². The molecule has 0 aromatic carbocycles. The molecule has 0 bridgehead atoms. The monoisotopic (exact) mass is 323 g/mol. The number of guanidine groups is 1. The molecule has 0 fully saturated rings. The number of nitrogens with zero attached hydrogens (tertiary/aromatic N) is 3. The molecule has 2 heterocycles. The van der Waals surface area contributed by atoms with E-state index >= 15 is 0 Å². The highest BCUT2D eigenvalue weighted by Crippen LogP contribution is 2.18. The number of anilines is 1. The van der Waals surface area contributed by atoms with Gasteiger partial charge in [-0.15, -0.1) is 22.7 Å². The molecule has 0 unspecified atom stereocenters. The first-order valence-corrected chi connectivity index (χ1v) is 8.61. The predicted molar refractivity (Wildman–Crippen MR) is 92.4 cm³/mol. The SMILES string of the molecule is CCNC(=NCc1csc(N(C)C)n1)NCc1cccs1. The molecule has 0 aliphatic rings. The van der Waals surface area contributed by atoms with Crippen molar-refractivity contribution in [3.8, 4) is 0 Å². The van der Waals surface area contributed by atoms with Gasteiger partial charge in [0.15, 0.2) is 11.1 Å². The maximum absolute atomic E-state index is 4.58. The zero-order chi connectivity index (χ0) is 15.1. The van der Waals surface area contributed by atoms with Crippen LogP contribution in [0.5, 0.6) is 0 Å². The van der Waals surface area contributed by atoms with Gasteiger partial charge in [-0.3, -0.25) is 0 Å². The number of aliphatic imine (C=N–C) groups is 1.